The summed E-state index contributed by atoms with van der Waals surface area (Å²) in [6, 6.07) is 2.75. The summed E-state index contributed by atoms with van der Waals surface area (Å²) in [5.41, 5.74) is 1.000. The van der Waals surface area contributed by atoms with Crippen molar-refractivity contribution in [1.82, 2.24) is 15.4 Å². The topological polar surface area (TPSA) is 41.3 Å². The number of piperidine rings is 1. The minimum atomic E-state index is 0.760. The average molecular weight is 237 g/mol. The second-order valence-corrected chi connectivity index (χ2v) is 5.02. The zero-order valence-electron chi connectivity index (χ0n) is 10.9. The van der Waals surface area contributed by atoms with Gasteiger partial charge in [0, 0.05) is 18.7 Å². The summed E-state index contributed by atoms with van der Waals surface area (Å²) in [5, 5.41) is 7.40. The number of hydrogen-bond donors (Lipinski definition) is 1. The van der Waals surface area contributed by atoms with Crippen LogP contribution in [0.2, 0.25) is 0 Å². The van der Waals surface area contributed by atoms with Crippen molar-refractivity contribution in [3.63, 3.8) is 0 Å². The predicted octanol–water partition coefficient (Wildman–Crippen LogP) is 1.95. The molecule has 0 radical (unpaired) electrons. The fourth-order valence-electron chi connectivity index (χ4n) is 2.50. The van der Waals surface area contributed by atoms with E-state index >= 15 is 0 Å². The maximum absolute atomic E-state index is 5.03. The van der Waals surface area contributed by atoms with Crippen LogP contribution in [-0.4, -0.2) is 36.2 Å². The minimum absolute atomic E-state index is 0.760. The Hall–Kier alpha value is -0.870. The lowest BCUT2D eigenvalue weighted by Crippen LogP contribution is -2.38. The number of aryl methyl sites for hydroxylation is 1. The van der Waals surface area contributed by atoms with E-state index in [4.69, 9.17) is 4.52 Å². The van der Waals surface area contributed by atoms with E-state index in [1.165, 1.54) is 32.2 Å². The molecule has 1 saturated heterocycles. The SMILES string of the molecule is Cc1cc(CNCCC2CCCCN2C)no1. The monoisotopic (exact) mass is 237 g/mol. The zero-order valence-corrected chi connectivity index (χ0v) is 10.9. The Kier molecular flexibility index (Phi) is 4.57. The Morgan fingerprint density at radius 1 is 1.53 bits per heavy atom. The Labute approximate surface area is 103 Å². The van der Waals surface area contributed by atoms with Crippen molar-refractivity contribution < 1.29 is 4.52 Å². The number of nitrogens with one attached hydrogen (secondary N) is 1. The molecule has 0 amide bonds. The number of hydrogen-bond acceptors (Lipinski definition) is 4. The molecule has 1 N–H and O–H groups in total. The first-order valence-corrected chi connectivity index (χ1v) is 6.59. The third kappa shape index (κ3) is 3.82. The molecule has 1 atom stereocenters. The highest BCUT2D eigenvalue weighted by Crippen LogP contribution is 2.17. The van der Waals surface area contributed by atoms with E-state index in [-0.39, 0.29) is 0 Å². The van der Waals surface area contributed by atoms with E-state index < -0.39 is 0 Å². The van der Waals surface area contributed by atoms with Crippen LogP contribution in [0.15, 0.2) is 10.6 Å². The van der Waals surface area contributed by atoms with E-state index in [1.54, 1.807) is 0 Å². The highest BCUT2D eigenvalue weighted by Gasteiger charge is 2.17. The second kappa shape index (κ2) is 6.17. The summed E-state index contributed by atoms with van der Waals surface area (Å²) < 4.78 is 5.03. The van der Waals surface area contributed by atoms with Gasteiger partial charge in [0.25, 0.3) is 0 Å². The largest absolute Gasteiger partial charge is 0.361 e. The minimum Gasteiger partial charge on any atom is -0.361 e. The molecule has 2 rings (SSSR count). The van der Waals surface area contributed by atoms with Crippen molar-refractivity contribution in [1.29, 1.82) is 0 Å². The molecule has 2 heterocycles. The Morgan fingerprint density at radius 3 is 3.12 bits per heavy atom. The third-order valence-electron chi connectivity index (χ3n) is 3.56. The normalized spacial score (nSPS) is 21.9. The standard InChI is InChI=1S/C13H23N3O/c1-11-9-12(15-17-11)10-14-7-6-13-5-3-4-8-16(13)2/h9,13-14H,3-8,10H2,1-2H3. The molecule has 1 aromatic rings. The lowest BCUT2D eigenvalue weighted by atomic mass is 10.0. The first-order chi connectivity index (χ1) is 8.25. The molecular formula is C13H23N3O. The van der Waals surface area contributed by atoms with Gasteiger partial charge in [0.15, 0.2) is 0 Å². The Morgan fingerprint density at radius 2 is 2.41 bits per heavy atom. The zero-order chi connectivity index (χ0) is 12.1. The van der Waals surface area contributed by atoms with Crippen molar-refractivity contribution >= 4 is 0 Å². The lowest BCUT2D eigenvalue weighted by Gasteiger charge is -2.32. The van der Waals surface area contributed by atoms with Crippen molar-refractivity contribution in [3.05, 3.63) is 17.5 Å². The number of aromatic nitrogens is 1. The Bertz CT molecular complexity index is 337. The van der Waals surface area contributed by atoms with Gasteiger partial charge < -0.3 is 14.7 Å². The second-order valence-electron chi connectivity index (χ2n) is 5.02. The lowest BCUT2D eigenvalue weighted by molar-refractivity contribution is 0.175. The van der Waals surface area contributed by atoms with Crippen LogP contribution in [0.3, 0.4) is 0 Å². The van der Waals surface area contributed by atoms with Crippen LogP contribution in [0, 0.1) is 6.92 Å². The maximum atomic E-state index is 5.03. The van der Waals surface area contributed by atoms with E-state index in [9.17, 15) is 0 Å². The van der Waals surface area contributed by atoms with Crippen molar-refractivity contribution in [2.45, 2.75) is 45.2 Å². The highest BCUT2D eigenvalue weighted by atomic mass is 16.5. The van der Waals surface area contributed by atoms with Crippen molar-refractivity contribution in [2.24, 2.45) is 0 Å². The van der Waals surface area contributed by atoms with E-state index in [0.717, 1.165) is 30.6 Å². The van der Waals surface area contributed by atoms with Crippen LogP contribution in [0.5, 0.6) is 0 Å². The van der Waals surface area contributed by atoms with Crippen LogP contribution < -0.4 is 5.32 Å². The van der Waals surface area contributed by atoms with Crippen LogP contribution in [0.1, 0.15) is 37.1 Å². The predicted molar refractivity (Wildman–Crippen MR) is 67.8 cm³/mol. The molecule has 4 nitrogen and oxygen atoms in total. The van der Waals surface area contributed by atoms with E-state index in [1.807, 2.05) is 13.0 Å². The molecule has 4 heteroatoms. The molecule has 0 saturated carbocycles. The first kappa shape index (κ1) is 12.6. The van der Waals surface area contributed by atoms with Gasteiger partial charge in [-0.25, -0.2) is 0 Å². The van der Waals surface area contributed by atoms with Crippen molar-refractivity contribution in [3.8, 4) is 0 Å². The van der Waals surface area contributed by atoms with Gasteiger partial charge in [0.2, 0.25) is 0 Å². The molecule has 0 spiro atoms. The van der Waals surface area contributed by atoms with Crippen LogP contribution in [0.25, 0.3) is 0 Å². The summed E-state index contributed by atoms with van der Waals surface area (Å²) >= 11 is 0. The van der Waals surface area contributed by atoms with Gasteiger partial charge in [-0.2, -0.15) is 0 Å². The number of rotatable bonds is 5. The van der Waals surface area contributed by atoms with Gasteiger partial charge in [-0.05, 0) is 46.3 Å². The van der Waals surface area contributed by atoms with E-state index in [2.05, 4.69) is 22.4 Å². The fraction of sp³-hybridized carbons (Fsp3) is 0.769. The van der Waals surface area contributed by atoms with Gasteiger partial charge in [-0.15, -0.1) is 0 Å². The molecule has 0 aromatic carbocycles. The molecule has 0 bridgehead atoms. The summed E-state index contributed by atoms with van der Waals surface area (Å²) in [4.78, 5) is 2.49. The summed E-state index contributed by atoms with van der Waals surface area (Å²) in [6.07, 6.45) is 5.32. The molecule has 17 heavy (non-hydrogen) atoms. The van der Waals surface area contributed by atoms with Gasteiger partial charge in [-0.1, -0.05) is 11.6 Å². The van der Waals surface area contributed by atoms with Crippen LogP contribution in [0.4, 0.5) is 0 Å². The fourth-order valence-corrected chi connectivity index (χ4v) is 2.50. The summed E-state index contributed by atoms with van der Waals surface area (Å²) in [6.45, 7) is 5.05. The maximum Gasteiger partial charge on any atom is 0.133 e. The number of likely N-dealkylation sites (tertiary alicyclic amines) is 1. The third-order valence-corrected chi connectivity index (χ3v) is 3.56. The molecular weight excluding hydrogens is 214 g/mol. The summed E-state index contributed by atoms with van der Waals surface area (Å²) in [7, 11) is 2.24. The Balaban J connectivity index is 1.62. The van der Waals surface area contributed by atoms with Crippen LogP contribution >= 0.6 is 0 Å². The number of nitrogens with zero attached hydrogens (tertiary/aromatic N) is 2. The molecule has 1 aliphatic heterocycles. The molecule has 0 aliphatic carbocycles. The molecule has 1 unspecified atom stereocenters. The van der Waals surface area contributed by atoms with Gasteiger partial charge >= 0.3 is 0 Å². The molecule has 1 aromatic heterocycles. The van der Waals surface area contributed by atoms with E-state index in [0.29, 0.717) is 0 Å². The molecule has 96 valence electrons. The highest BCUT2D eigenvalue weighted by molar-refractivity contribution is 5.02. The van der Waals surface area contributed by atoms with Gasteiger partial charge in [0.1, 0.15) is 5.76 Å². The molecule has 1 fully saturated rings. The quantitative estimate of drug-likeness (QED) is 0.795. The smallest absolute Gasteiger partial charge is 0.133 e. The average Bonchev–Trinajstić information content (AvgIpc) is 2.73. The van der Waals surface area contributed by atoms with Crippen LogP contribution in [-0.2, 0) is 6.54 Å². The van der Waals surface area contributed by atoms with Crippen molar-refractivity contribution in [2.75, 3.05) is 20.1 Å². The summed E-state index contributed by atoms with van der Waals surface area (Å²) in [5.74, 6) is 0.883. The van der Waals surface area contributed by atoms with Gasteiger partial charge in [-0.3, -0.25) is 0 Å². The van der Waals surface area contributed by atoms with Gasteiger partial charge in [0.05, 0.1) is 5.69 Å². The molecule has 1 aliphatic rings. The first-order valence-electron chi connectivity index (χ1n) is 6.59.